The highest BCUT2D eigenvalue weighted by Crippen LogP contribution is 2.21. The number of alkyl halides is 3. The molecular weight excluding hydrogens is 251 g/mol. The zero-order valence-electron chi connectivity index (χ0n) is 9.60. The minimum absolute atomic E-state index is 0.0756. The van der Waals surface area contributed by atoms with Gasteiger partial charge in [0.2, 0.25) is 0 Å². The van der Waals surface area contributed by atoms with Gasteiger partial charge in [-0.15, -0.1) is 0 Å². The maximum Gasteiger partial charge on any atom is 0.408 e. The SMILES string of the molecule is C[C@@H](NC(=O)c1noc2c1CNCC2)C(F)(F)F. The van der Waals surface area contributed by atoms with Gasteiger partial charge in [0.1, 0.15) is 11.8 Å². The zero-order valence-corrected chi connectivity index (χ0v) is 9.60. The molecule has 0 aromatic carbocycles. The summed E-state index contributed by atoms with van der Waals surface area (Å²) in [6.07, 6.45) is -3.90. The lowest BCUT2D eigenvalue weighted by molar-refractivity contribution is -0.149. The van der Waals surface area contributed by atoms with E-state index in [1.54, 1.807) is 0 Å². The van der Waals surface area contributed by atoms with E-state index in [0.29, 0.717) is 30.8 Å². The highest BCUT2D eigenvalue weighted by Gasteiger charge is 2.38. The number of aromatic nitrogens is 1. The summed E-state index contributed by atoms with van der Waals surface area (Å²) < 4.78 is 41.9. The summed E-state index contributed by atoms with van der Waals surface area (Å²) in [6.45, 7) is 1.95. The predicted octanol–water partition coefficient (Wildman–Crippen LogP) is 1.00. The van der Waals surface area contributed by atoms with Crippen molar-refractivity contribution >= 4 is 5.91 Å². The van der Waals surface area contributed by atoms with Crippen LogP contribution in [0.1, 0.15) is 28.7 Å². The van der Waals surface area contributed by atoms with Crippen LogP contribution in [0, 0.1) is 0 Å². The molecule has 0 aliphatic carbocycles. The van der Waals surface area contributed by atoms with E-state index >= 15 is 0 Å². The summed E-state index contributed by atoms with van der Waals surface area (Å²) in [5, 5.41) is 8.40. The van der Waals surface area contributed by atoms with Crippen LogP contribution in [-0.4, -0.2) is 29.8 Å². The van der Waals surface area contributed by atoms with Gasteiger partial charge in [0, 0.05) is 25.1 Å². The van der Waals surface area contributed by atoms with Crippen molar-refractivity contribution in [2.45, 2.75) is 32.1 Å². The Morgan fingerprint density at radius 1 is 1.56 bits per heavy atom. The van der Waals surface area contributed by atoms with Crippen LogP contribution < -0.4 is 10.6 Å². The summed E-state index contributed by atoms with van der Waals surface area (Å²) in [6, 6.07) is -1.92. The number of hydrogen-bond donors (Lipinski definition) is 2. The molecule has 1 atom stereocenters. The Balaban J connectivity index is 2.12. The number of nitrogens with one attached hydrogen (secondary N) is 2. The van der Waals surface area contributed by atoms with Crippen LogP contribution in [0.2, 0.25) is 0 Å². The van der Waals surface area contributed by atoms with Crippen molar-refractivity contribution in [1.29, 1.82) is 0 Å². The lowest BCUT2D eigenvalue weighted by atomic mass is 10.1. The molecule has 1 aromatic heterocycles. The lowest BCUT2D eigenvalue weighted by Crippen LogP contribution is -2.43. The van der Waals surface area contributed by atoms with Crippen molar-refractivity contribution in [2.75, 3.05) is 6.54 Å². The summed E-state index contributed by atoms with van der Waals surface area (Å²) in [7, 11) is 0. The van der Waals surface area contributed by atoms with Gasteiger partial charge < -0.3 is 15.2 Å². The first-order valence-corrected chi connectivity index (χ1v) is 5.45. The van der Waals surface area contributed by atoms with E-state index in [0.717, 1.165) is 6.92 Å². The summed E-state index contributed by atoms with van der Waals surface area (Å²) in [5.74, 6) is -0.313. The summed E-state index contributed by atoms with van der Waals surface area (Å²) in [4.78, 5) is 11.7. The fourth-order valence-corrected chi connectivity index (χ4v) is 1.66. The van der Waals surface area contributed by atoms with Gasteiger partial charge in [0.05, 0.1) is 0 Å². The molecule has 0 radical (unpaired) electrons. The minimum atomic E-state index is -4.47. The first-order chi connectivity index (χ1) is 8.39. The molecule has 1 aromatic rings. The fourth-order valence-electron chi connectivity index (χ4n) is 1.66. The normalized spacial score (nSPS) is 17.1. The number of amides is 1. The van der Waals surface area contributed by atoms with Gasteiger partial charge >= 0.3 is 6.18 Å². The number of hydrogen-bond acceptors (Lipinski definition) is 4. The Morgan fingerprint density at radius 2 is 2.28 bits per heavy atom. The van der Waals surface area contributed by atoms with Crippen LogP contribution in [0.4, 0.5) is 13.2 Å². The molecule has 0 fully saturated rings. The van der Waals surface area contributed by atoms with E-state index in [2.05, 4.69) is 10.5 Å². The molecule has 1 amide bonds. The maximum absolute atomic E-state index is 12.3. The van der Waals surface area contributed by atoms with Crippen molar-refractivity contribution in [2.24, 2.45) is 0 Å². The molecule has 2 heterocycles. The van der Waals surface area contributed by atoms with Crippen LogP contribution in [0.3, 0.4) is 0 Å². The quantitative estimate of drug-likeness (QED) is 0.835. The van der Waals surface area contributed by atoms with Crippen molar-refractivity contribution < 1.29 is 22.5 Å². The molecule has 100 valence electrons. The van der Waals surface area contributed by atoms with E-state index in [1.165, 1.54) is 0 Å². The Morgan fingerprint density at radius 3 is 2.94 bits per heavy atom. The van der Waals surface area contributed by atoms with Crippen LogP contribution in [-0.2, 0) is 13.0 Å². The van der Waals surface area contributed by atoms with Crippen molar-refractivity contribution in [3.8, 4) is 0 Å². The number of nitrogens with zero attached hydrogens (tertiary/aromatic N) is 1. The van der Waals surface area contributed by atoms with Crippen LogP contribution in [0.15, 0.2) is 4.52 Å². The van der Waals surface area contributed by atoms with Crippen molar-refractivity contribution in [3.05, 3.63) is 17.0 Å². The summed E-state index contributed by atoms with van der Waals surface area (Å²) >= 11 is 0. The van der Waals surface area contributed by atoms with Gasteiger partial charge in [0.25, 0.3) is 5.91 Å². The molecule has 5 nitrogen and oxygen atoms in total. The topological polar surface area (TPSA) is 67.2 Å². The molecular formula is C10H12F3N3O2. The van der Waals surface area contributed by atoms with E-state index < -0.39 is 18.1 Å². The van der Waals surface area contributed by atoms with Crippen LogP contribution >= 0.6 is 0 Å². The minimum Gasteiger partial charge on any atom is -0.360 e. The third kappa shape index (κ3) is 2.47. The Kier molecular flexibility index (Phi) is 3.29. The molecule has 8 heteroatoms. The molecule has 1 aliphatic heterocycles. The predicted molar refractivity (Wildman–Crippen MR) is 54.9 cm³/mol. The van der Waals surface area contributed by atoms with Crippen LogP contribution in [0.25, 0.3) is 0 Å². The lowest BCUT2D eigenvalue weighted by Gasteiger charge is -2.17. The first-order valence-electron chi connectivity index (χ1n) is 5.45. The van der Waals surface area contributed by atoms with Gasteiger partial charge in [-0.05, 0) is 6.92 Å². The van der Waals surface area contributed by atoms with Crippen molar-refractivity contribution in [3.63, 3.8) is 0 Å². The fraction of sp³-hybridized carbons (Fsp3) is 0.600. The molecule has 0 saturated carbocycles. The molecule has 2 rings (SSSR count). The number of carbonyl (C=O) groups excluding carboxylic acids is 1. The number of carbonyl (C=O) groups is 1. The third-order valence-electron chi connectivity index (χ3n) is 2.75. The molecule has 18 heavy (non-hydrogen) atoms. The van der Waals surface area contributed by atoms with E-state index in [1.807, 2.05) is 5.32 Å². The second-order valence-corrected chi connectivity index (χ2v) is 4.10. The van der Waals surface area contributed by atoms with Gasteiger partial charge in [-0.25, -0.2) is 0 Å². The van der Waals surface area contributed by atoms with E-state index in [9.17, 15) is 18.0 Å². The number of rotatable bonds is 2. The Bertz CT molecular complexity index is 456. The highest BCUT2D eigenvalue weighted by atomic mass is 19.4. The second-order valence-electron chi connectivity index (χ2n) is 4.10. The highest BCUT2D eigenvalue weighted by molar-refractivity contribution is 5.94. The van der Waals surface area contributed by atoms with Gasteiger partial charge in [-0.1, -0.05) is 5.16 Å². The monoisotopic (exact) mass is 263 g/mol. The number of halogens is 3. The largest absolute Gasteiger partial charge is 0.408 e. The number of fused-ring (bicyclic) bond motifs is 1. The molecule has 1 aliphatic rings. The van der Waals surface area contributed by atoms with Gasteiger partial charge in [-0.3, -0.25) is 4.79 Å². The Labute approximate surface area is 101 Å². The third-order valence-corrected chi connectivity index (χ3v) is 2.75. The molecule has 0 saturated heterocycles. The molecule has 0 unspecified atom stereocenters. The second kappa shape index (κ2) is 4.60. The standard InChI is InChI=1S/C10H12F3N3O2/c1-5(10(11,12)13)15-9(17)8-6-4-14-3-2-7(6)18-16-8/h5,14H,2-4H2,1H3,(H,15,17)/t5-/m1/s1. The van der Waals surface area contributed by atoms with E-state index in [4.69, 9.17) is 4.52 Å². The maximum atomic E-state index is 12.3. The van der Waals surface area contributed by atoms with E-state index in [-0.39, 0.29) is 5.69 Å². The van der Waals surface area contributed by atoms with Gasteiger partial charge in [-0.2, -0.15) is 13.2 Å². The van der Waals surface area contributed by atoms with Crippen LogP contribution in [0.5, 0.6) is 0 Å². The first kappa shape index (κ1) is 12.9. The van der Waals surface area contributed by atoms with Crippen molar-refractivity contribution in [1.82, 2.24) is 15.8 Å². The van der Waals surface area contributed by atoms with Gasteiger partial charge in [0.15, 0.2) is 5.69 Å². The smallest absolute Gasteiger partial charge is 0.360 e. The average molecular weight is 263 g/mol. The average Bonchev–Trinajstić information content (AvgIpc) is 2.71. The summed E-state index contributed by atoms with van der Waals surface area (Å²) in [5.41, 5.74) is 0.460. The molecule has 0 bridgehead atoms. The molecule has 2 N–H and O–H groups in total. The zero-order chi connectivity index (χ0) is 13.3. The Hall–Kier alpha value is -1.57. The molecule has 0 spiro atoms.